The first-order valence-corrected chi connectivity index (χ1v) is 5.95. The van der Waals surface area contributed by atoms with Crippen LogP contribution in [0.3, 0.4) is 0 Å². The van der Waals surface area contributed by atoms with E-state index in [0.717, 1.165) is 6.07 Å². The Bertz CT molecular complexity index is 501. The quantitative estimate of drug-likeness (QED) is 0.338. The molecule has 0 aliphatic rings. The summed E-state index contributed by atoms with van der Waals surface area (Å²) in [5.74, 6) is -1.02. The number of oxime groups is 1. The summed E-state index contributed by atoms with van der Waals surface area (Å²) in [6.45, 7) is 5.66. The number of carbonyl (C=O) groups is 1. The molecule has 104 valence electrons. The van der Waals surface area contributed by atoms with Crippen molar-refractivity contribution in [2.45, 2.75) is 20.8 Å². The van der Waals surface area contributed by atoms with Crippen LogP contribution < -0.4 is 11.1 Å². The first-order valence-electron chi connectivity index (χ1n) is 5.95. The molecule has 5 nitrogen and oxygen atoms in total. The number of benzene rings is 1. The molecule has 1 amide bonds. The molecule has 6 heteroatoms. The lowest BCUT2D eigenvalue weighted by Gasteiger charge is -2.17. The van der Waals surface area contributed by atoms with Crippen molar-refractivity contribution in [3.05, 3.63) is 29.6 Å². The Morgan fingerprint density at radius 1 is 1.42 bits per heavy atom. The summed E-state index contributed by atoms with van der Waals surface area (Å²) in [4.78, 5) is 12.0. The number of carbonyl (C=O) groups excluding carboxylic acids is 1. The zero-order chi connectivity index (χ0) is 14.6. The van der Waals surface area contributed by atoms with Crippen LogP contribution in [0.2, 0.25) is 0 Å². The predicted octanol–water partition coefficient (Wildman–Crippen LogP) is 2.15. The van der Waals surface area contributed by atoms with Gasteiger partial charge in [-0.3, -0.25) is 4.79 Å². The maximum Gasteiger partial charge on any atom is 0.227 e. The number of anilines is 1. The van der Waals surface area contributed by atoms with Crippen LogP contribution in [0.5, 0.6) is 0 Å². The number of rotatable bonds is 4. The van der Waals surface area contributed by atoms with E-state index in [-0.39, 0.29) is 29.1 Å². The molecule has 0 radical (unpaired) electrons. The number of halogens is 1. The number of nitrogens with one attached hydrogen (secondary N) is 1. The Kier molecular flexibility index (Phi) is 4.86. The normalized spacial score (nSPS) is 13.4. The topological polar surface area (TPSA) is 87.7 Å². The number of amidine groups is 1. The van der Waals surface area contributed by atoms with Gasteiger partial charge < -0.3 is 16.3 Å². The minimum Gasteiger partial charge on any atom is -0.409 e. The van der Waals surface area contributed by atoms with Gasteiger partial charge in [0.05, 0.1) is 5.69 Å². The van der Waals surface area contributed by atoms with Crippen molar-refractivity contribution in [2.24, 2.45) is 22.7 Å². The SMILES string of the molecule is CC(C)C(C)C(=O)Nc1ccc(F)cc1/C(N)=N/O. The second-order valence-electron chi connectivity index (χ2n) is 4.70. The molecular weight excluding hydrogens is 249 g/mol. The van der Waals surface area contributed by atoms with Crippen molar-refractivity contribution < 1.29 is 14.4 Å². The number of hydrogen-bond acceptors (Lipinski definition) is 3. The third-order valence-corrected chi connectivity index (χ3v) is 3.04. The fraction of sp³-hybridized carbons (Fsp3) is 0.385. The lowest BCUT2D eigenvalue weighted by Crippen LogP contribution is -2.26. The maximum absolute atomic E-state index is 13.2. The first kappa shape index (κ1) is 14.9. The van der Waals surface area contributed by atoms with Gasteiger partial charge in [-0.05, 0) is 24.1 Å². The molecule has 0 saturated heterocycles. The van der Waals surface area contributed by atoms with Crippen LogP contribution >= 0.6 is 0 Å². The monoisotopic (exact) mass is 267 g/mol. The van der Waals surface area contributed by atoms with Gasteiger partial charge in [0.25, 0.3) is 0 Å². The van der Waals surface area contributed by atoms with Crippen LogP contribution in [-0.2, 0) is 4.79 Å². The van der Waals surface area contributed by atoms with E-state index in [1.54, 1.807) is 6.92 Å². The number of nitrogens with two attached hydrogens (primary N) is 1. The van der Waals surface area contributed by atoms with Crippen molar-refractivity contribution in [1.29, 1.82) is 0 Å². The van der Waals surface area contributed by atoms with Crippen LogP contribution in [0.4, 0.5) is 10.1 Å². The molecule has 0 saturated carbocycles. The molecule has 1 atom stereocenters. The maximum atomic E-state index is 13.2. The second kappa shape index (κ2) is 6.17. The number of amides is 1. The van der Waals surface area contributed by atoms with Gasteiger partial charge in [0.1, 0.15) is 5.82 Å². The summed E-state index contributed by atoms with van der Waals surface area (Å²) in [5, 5.41) is 14.1. The first-order chi connectivity index (χ1) is 8.86. The fourth-order valence-corrected chi connectivity index (χ4v) is 1.44. The van der Waals surface area contributed by atoms with Gasteiger partial charge in [0.2, 0.25) is 5.91 Å². The largest absolute Gasteiger partial charge is 0.409 e. The van der Waals surface area contributed by atoms with Gasteiger partial charge in [-0.2, -0.15) is 0 Å². The zero-order valence-corrected chi connectivity index (χ0v) is 11.1. The summed E-state index contributed by atoms with van der Waals surface area (Å²) in [5.41, 5.74) is 5.92. The Morgan fingerprint density at radius 3 is 2.58 bits per heavy atom. The highest BCUT2D eigenvalue weighted by Gasteiger charge is 2.18. The van der Waals surface area contributed by atoms with Crippen molar-refractivity contribution in [1.82, 2.24) is 0 Å². The highest BCUT2D eigenvalue weighted by Crippen LogP contribution is 2.19. The highest BCUT2D eigenvalue weighted by molar-refractivity contribution is 6.05. The van der Waals surface area contributed by atoms with Crippen LogP contribution in [0.1, 0.15) is 26.3 Å². The van der Waals surface area contributed by atoms with Gasteiger partial charge in [-0.15, -0.1) is 0 Å². The minimum atomic E-state index is -0.531. The standard InChI is InChI=1S/C13H18FN3O2/c1-7(2)8(3)13(18)16-11-5-4-9(14)6-10(11)12(15)17-19/h4-8,19H,1-3H3,(H2,15,17)(H,16,18). The Labute approximate surface area is 111 Å². The Morgan fingerprint density at radius 2 is 2.05 bits per heavy atom. The van der Waals surface area contributed by atoms with E-state index in [2.05, 4.69) is 10.5 Å². The highest BCUT2D eigenvalue weighted by atomic mass is 19.1. The van der Waals surface area contributed by atoms with E-state index in [9.17, 15) is 9.18 Å². The molecule has 1 aromatic rings. The van der Waals surface area contributed by atoms with Crippen LogP contribution in [0, 0.1) is 17.7 Å². The summed E-state index contributed by atoms with van der Waals surface area (Å²) in [7, 11) is 0. The zero-order valence-electron chi connectivity index (χ0n) is 11.1. The van der Waals surface area contributed by atoms with E-state index >= 15 is 0 Å². The molecule has 0 bridgehead atoms. The molecule has 1 rings (SSSR count). The van der Waals surface area contributed by atoms with Crippen molar-refractivity contribution in [3.8, 4) is 0 Å². The predicted molar refractivity (Wildman–Crippen MR) is 71.5 cm³/mol. The molecule has 0 heterocycles. The Hall–Kier alpha value is -2.11. The van der Waals surface area contributed by atoms with E-state index in [4.69, 9.17) is 10.9 Å². The molecule has 0 aliphatic heterocycles. The van der Waals surface area contributed by atoms with Gasteiger partial charge in [-0.1, -0.05) is 25.9 Å². The van der Waals surface area contributed by atoms with Crippen LogP contribution in [-0.4, -0.2) is 17.0 Å². The summed E-state index contributed by atoms with van der Waals surface area (Å²) in [6.07, 6.45) is 0. The average Bonchev–Trinajstić information content (AvgIpc) is 2.38. The molecule has 0 aromatic heterocycles. The summed E-state index contributed by atoms with van der Waals surface area (Å²) in [6, 6.07) is 3.68. The molecule has 0 aliphatic carbocycles. The molecule has 1 unspecified atom stereocenters. The van der Waals surface area contributed by atoms with Crippen molar-refractivity contribution in [3.63, 3.8) is 0 Å². The molecule has 1 aromatic carbocycles. The second-order valence-corrected chi connectivity index (χ2v) is 4.70. The van der Waals surface area contributed by atoms with Crippen molar-refractivity contribution >= 4 is 17.4 Å². The lowest BCUT2D eigenvalue weighted by molar-refractivity contribution is -0.120. The van der Waals surface area contributed by atoms with Gasteiger partial charge in [-0.25, -0.2) is 4.39 Å². The van der Waals surface area contributed by atoms with Gasteiger partial charge >= 0.3 is 0 Å². The van der Waals surface area contributed by atoms with Gasteiger partial charge in [0, 0.05) is 11.5 Å². The molecular formula is C13H18FN3O2. The smallest absolute Gasteiger partial charge is 0.227 e. The van der Waals surface area contributed by atoms with Crippen molar-refractivity contribution in [2.75, 3.05) is 5.32 Å². The molecule has 4 N–H and O–H groups in total. The molecule has 0 fully saturated rings. The van der Waals surface area contributed by atoms with E-state index < -0.39 is 5.82 Å². The summed E-state index contributed by atoms with van der Waals surface area (Å²) < 4.78 is 13.2. The molecule has 19 heavy (non-hydrogen) atoms. The van der Waals surface area contributed by atoms with E-state index in [1.165, 1.54) is 12.1 Å². The van der Waals surface area contributed by atoms with E-state index in [0.29, 0.717) is 5.69 Å². The Balaban J connectivity index is 3.05. The third-order valence-electron chi connectivity index (χ3n) is 3.04. The van der Waals surface area contributed by atoms with Crippen LogP contribution in [0.15, 0.2) is 23.4 Å². The third kappa shape index (κ3) is 3.67. The molecule has 0 spiro atoms. The summed E-state index contributed by atoms with van der Waals surface area (Å²) >= 11 is 0. The fourth-order valence-electron chi connectivity index (χ4n) is 1.44. The van der Waals surface area contributed by atoms with E-state index in [1.807, 2.05) is 13.8 Å². The lowest BCUT2D eigenvalue weighted by atomic mass is 9.97. The number of hydrogen-bond donors (Lipinski definition) is 3. The minimum absolute atomic E-state index is 0.145. The average molecular weight is 267 g/mol. The van der Waals surface area contributed by atoms with Crippen LogP contribution in [0.25, 0.3) is 0 Å². The van der Waals surface area contributed by atoms with Gasteiger partial charge in [0.15, 0.2) is 5.84 Å². The number of nitrogens with zero attached hydrogens (tertiary/aromatic N) is 1.